The normalized spacial score (nSPS) is 11.4. The number of aryl methyl sites for hydroxylation is 1. The van der Waals surface area contributed by atoms with Crippen LogP contribution >= 0.6 is 0 Å². The number of hydrogen-bond acceptors (Lipinski definition) is 4. The lowest BCUT2D eigenvalue weighted by Gasteiger charge is -2.26. The molecular formula is C24H33N5O3. The third kappa shape index (κ3) is 4.79. The fourth-order valence-electron chi connectivity index (χ4n) is 3.90. The predicted octanol–water partition coefficient (Wildman–Crippen LogP) is 3.26. The first-order valence-electron chi connectivity index (χ1n) is 11.2. The highest BCUT2D eigenvalue weighted by Gasteiger charge is 2.25. The van der Waals surface area contributed by atoms with Crippen molar-refractivity contribution < 1.29 is 4.79 Å². The van der Waals surface area contributed by atoms with Crippen LogP contribution in [0.25, 0.3) is 10.9 Å². The molecule has 1 aromatic carbocycles. The first-order valence-corrected chi connectivity index (χ1v) is 11.2. The highest BCUT2D eigenvalue weighted by molar-refractivity contribution is 5.96. The molecule has 3 rings (SSSR count). The number of carbonyl (C=O) groups excluding carboxylic acids is 1. The minimum absolute atomic E-state index is 0.0402. The van der Waals surface area contributed by atoms with Crippen molar-refractivity contribution in [1.29, 1.82) is 0 Å². The fourth-order valence-corrected chi connectivity index (χ4v) is 3.90. The zero-order chi connectivity index (χ0) is 23.4. The summed E-state index contributed by atoms with van der Waals surface area (Å²) in [4.78, 5) is 42.5. The number of carbonyl (C=O) groups is 1. The van der Waals surface area contributed by atoms with Gasteiger partial charge in [-0.25, -0.2) is 4.79 Å². The molecule has 172 valence electrons. The van der Waals surface area contributed by atoms with E-state index in [9.17, 15) is 14.4 Å². The summed E-state index contributed by atoms with van der Waals surface area (Å²) in [6.45, 7) is 8.88. The van der Waals surface area contributed by atoms with E-state index in [1.54, 1.807) is 0 Å². The average molecular weight is 440 g/mol. The number of amides is 1. The molecule has 0 bridgehead atoms. The first-order chi connectivity index (χ1) is 15.2. The SMILES string of the molecule is CCCCn1c(N)c(N(CCC(C)C)C(=O)Cn2c(C)cc3ccccc32)c(=O)[nH]c1=O. The molecule has 0 radical (unpaired) electrons. The van der Waals surface area contributed by atoms with E-state index in [0.29, 0.717) is 25.4 Å². The van der Waals surface area contributed by atoms with Gasteiger partial charge in [-0.05, 0) is 43.2 Å². The van der Waals surface area contributed by atoms with Gasteiger partial charge in [-0.3, -0.25) is 19.1 Å². The molecule has 8 nitrogen and oxygen atoms in total. The molecule has 0 saturated carbocycles. The van der Waals surface area contributed by atoms with Gasteiger partial charge in [-0.15, -0.1) is 0 Å². The van der Waals surface area contributed by atoms with E-state index in [1.165, 1.54) is 9.47 Å². The number of nitrogens with zero attached hydrogens (tertiary/aromatic N) is 3. The summed E-state index contributed by atoms with van der Waals surface area (Å²) in [6, 6.07) is 9.91. The third-order valence-corrected chi connectivity index (χ3v) is 5.76. The number of benzene rings is 1. The molecule has 0 atom stereocenters. The molecule has 0 aliphatic carbocycles. The second kappa shape index (κ2) is 9.89. The number of fused-ring (bicyclic) bond motifs is 1. The highest BCUT2D eigenvalue weighted by Crippen LogP contribution is 2.22. The lowest BCUT2D eigenvalue weighted by molar-refractivity contribution is -0.119. The molecular weight excluding hydrogens is 406 g/mol. The summed E-state index contributed by atoms with van der Waals surface area (Å²) in [5, 5.41) is 1.05. The number of aromatic amines is 1. The molecule has 8 heteroatoms. The van der Waals surface area contributed by atoms with Crippen molar-refractivity contribution in [3.8, 4) is 0 Å². The standard InChI is InChI=1S/C24H33N5O3/c1-5-6-12-28-22(25)21(23(31)26-24(28)32)27(13-11-16(2)3)20(30)15-29-17(4)14-18-9-7-8-10-19(18)29/h7-10,14,16H,5-6,11-13,15,25H2,1-4H3,(H,26,31,32). The smallest absolute Gasteiger partial charge is 0.330 e. The maximum Gasteiger partial charge on any atom is 0.330 e. The van der Waals surface area contributed by atoms with Crippen LogP contribution < -0.4 is 21.9 Å². The number of nitrogens with two attached hydrogens (primary N) is 1. The van der Waals surface area contributed by atoms with Crippen LogP contribution in [0, 0.1) is 12.8 Å². The number of anilines is 2. The van der Waals surface area contributed by atoms with Crippen molar-refractivity contribution in [1.82, 2.24) is 14.1 Å². The summed E-state index contributed by atoms with van der Waals surface area (Å²) in [7, 11) is 0. The Morgan fingerprint density at radius 3 is 2.59 bits per heavy atom. The zero-order valence-corrected chi connectivity index (χ0v) is 19.4. The van der Waals surface area contributed by atoms with Crippen molar-refractivity contribution in [3.63, 3.8) is 0 Å². The van der Waals surface area contributed by atoms with Gasteiger partial charge >= 0.3 is 5.69 Å². The summed E-state index contributed by atoms with van der Waals surface area (Å²) in [5.41, 5.74) is 7.09. The van der Waals surface area contributed by atoms with Gasteiger partial charge in [0.25, 0.3) is 5.56 Å². The third-order valence-electron chi connectivity index (χ3n) is 5.76. The van der Waals surface area contributed by atoms with Crippen LogP contribution in [0.4, 0.5) is 11.5 Å². The van der Waals surface area contributed by atoms with Gasteiger partial charge in [0.1, 0.15) is 12.4 Å². The van der Waals surface area contributed by atoms with Gasteiger partial charge in [-0.1, -0.05) is 45.4 Å². The van der Waals surface area contributed by atoms with E-state index in [1.807, 2.05) is 48.7 Å². The number of unbranched alkanes of at least 4 members (excludes halogenated alkanes) is 1. The van der Waals surface area contributed by atoms with Crippen LogP contribution in [0.5, 0.6) is 0 Å². The van der Waals surface area contributed by atoms with Gasteiger partial charge in [0.15, 0.2) is 5.69 Å². The number of rotatable bonds is 9. The van der Waals surface area contributed by atoms with E-state index < -0.39 is 11.2 Å². The Morgan fingerprint density at radius 2 is 1.91 bits per heavy atom. The molecule has 0 spiro atoms. The van der Waals surface area contributed by atoms with E-state index in [4.69, 9.17) is 5.73 Å². The minimum Gasteiger partial charge on any atom is -0.383 e. The topological polar surface area (TPSA) is 106 Å². The molecule has 0 saturated heterocycles. The second-order valence-electron chi connectivity index (χ2n) is 8.66. The molecule has 2 heterocycles. The van der Waals surface area contributed by atoms with E-state index in [2.05, 4.69) is 18.8 Å². The molecule has 2 aromatic heterocycles. The number of nitrogens with one attached hydrogen (secondary N) is 1. The van der Waals surface area contributed by atoms with E-state index in [0.717, 1.165) is 29.4 Å². The van der Waals surface area contributed by atoms with Gasteiger partial charge in [0.05, 0.1) is 0 Å². The van der Waals surface area contributed by atoms with Gasteiger partial charge in [0.2, 0.25) is 5.91 Å². The number of aromatic nitrogens is 3. The minimum atomic E-state index is -0.633. The lowest BCUT2D eigenvalue weighted by atomic mass is 10.1. The maximum absolute atomic E-state index is 13.5. The van der Waals surface area contributed by atoms with E-state index in [-0.39, 0.29) is 24.0 Å². The van der Waals surface area contributed by atoms with Crippen LogP contribution in [0.1, 0.15) is 45.7 Å². The number of para-hydroxylation sites is 1. The van der Waals surface area contributed by atoms with E-state index >= 15 is 0 Å². The Bertz CT molecular complexity index is 1220. The molecule has 0 unspecified atom stereocenters. The van der Waals surface area contributed by atoms with Crippen LogP contribution in [-0.2, 0) is 17.9 Å². The van der Waals surface area contributed by atoms with Gasteiger partial charge in [-0.2, -0.15) is 0 Å². The van der Waals surface area contributed by atoms with Crippen molar-refractivity contribution in [2.45, 2.75) is 60.0 Å². The van der Waals surface area contributed by atoms with Gasteiger partial charge in [0, 0.05) is 24.3 Å². The molecule has 0 aliphatic rings. The monoisotopic (exact) mass is 439 g/mol. The first kappa shape index (κ1) is 23.4. The summed E-state index contributed by atoms with van der Waals surface area (Å²) < 4.78 is 3.30. The van der Waals surface area contributed by atoms with Crippen LogP contribution in [0.2, 0.25) is 0 Å². The fraction of sp³-hybridized carbons (Fsp3) is 0.458. The number of H-pyrrole nitrogens is 1. The Kier molecular flexibility index (Phi) is 7.22. The molecule has 32 heavy (non-hydrogen) atoms. The summed E-state index contributed by atoms with van der Waals surface area (Å²) in [6.07, 6.45) is 2.31. The average Bonchev–Trinajstić information content (AvgIpc) is 3.05. The van der Waals surface area contributed by atoms with Crippen LogP contribution in [0.3, 0.4) is 0 Å². The predicted molar refractivity (Wildman–Crippen MR) is 129 cm³/mol. The second-order valence-corrected chi connectivity index (χ2v) is 8.66. The Morgan fingerprint density at radius 1 is 1.19 bits per heavy atom. The lowest BCUT2D eigenvalue weighted by Crippen LogP contribution is -2.43. The highest BCUT2D eigenvalue weighted by atomic mass is 16.2. The molecule has 0 aliphatic heterocycles. The van der Waals surface area contributed by atoms with Crippen molar-refractivity contribution >= 4 is 28.3 Å². The van der Waals surface area contributed by atoms with Crippen LogP contribution in [-0.4, -0.2) is 26.6 Å². The quantitative estimate of drug-likeness (QED) is 0.534. The molecule has 3 aromatic rings. The zero-order valence-electron chi connectivity index (χ0n) is 19.4. The molecule has 0 fully saturated rings. The van der Waals surface area contributed by atoms with Crippen molar-refractivity contribution in [3.05, 3.63) is 56.9 Å². The van der Waals surface area contributed by atoms with Gasteiger partial charge < -0.3 is 15.2 Å². The van der Waals surface area contributed by atoms with Crippen LogP contribution in [0.15, 0.2) is 39.9 Å². The number of hydrogen-bond donors (Lipinski definition) is 2. The number of nitrogen functional groups attached to an aromatic ring is 1. The van der Waals surface area contributed by atoms with Crippen molar-refractivity contribution in [2.24, 2.45) is 5.92 Å². The summed E-state index contributed by atoms with van der Waals surface area (Å²) >= 11 is 0. The maximum atomic E-state index is 13.5. The summed E-state index contributed by atoms with van der Waals surface area (Å²) in [5.74, 6) is 0.122. The Labute approximate surface area is 187 Å². The Hall–Kier alpha value is -3.29. The largest absolute Gasteiger partial charge is 0.383 e. The molecule has 1 amide bonds. The Balaban J connectivity index is 2.05. The van der Waals surface area contributed by atoms with Crippen molar-refractivity contribution in [2.75, 3.05) is 17.2 Å². The molecule has 3 N–H and O–H groups in total.